The lowest BCUT2D eigenvalue weighted by molar-refractivity contribution is 0.102. The van der Waals surface area contributed by atoms with Crippen molar-refractivity contribution in [3.8, 4) is 5.75 Å². The molecule has 2 aromatic carbocycles. The molecule has 0 unspecified atom stereocenters. The van der Waals surface area contributed by atoms with Gasteiger partial charge in [0.1, 0.15) is 5.75 Å². The summed E-state index contributed by atoms with van der Waals surface area (Å²) in [7, 11) is -2.30. The van der Waals surface area contributed by atoms with Crippen molar-refractivity contribution in [2.45, 2.75) is 4.90 Å². The molecular formula is C15H13N3O4S2. The van der Waals surface area contributed by atoms with Crippen LogP contribution in [0, 0.1) is 0 Å². The molecule has 1 heterocycles. The predicted molar refractivity (Wildman–Crippen MR) is 91.9 cm³/mol. The number of benzene rings is 2. The van der Waals surface area contributed by atoms with Crippen LogP contribution >= 0.6 is 11.3 Å². The highest BCUT2D eigenvalue weighted by atomic mass is 32.2. The molecule has 3 rings (SSSR count). The van der Waals surface area contributed by atoms with Crippen molar-refractivity contribution in [1.82, 2.24) is 4.98 Å². The highest BCUT2D eigenvalue weighted by Crippen LogP contribution is 2.29. The monoisotopic (exact) mass is 363 g/mol. The number of thiazole rings is 1. The molecule has 24 heavy (non-hydrogen) atoms. The number of sulfonamides is 1. The van der Waals surface area contributed by atoms with Gasteiger partial charge < -0.3 is 4.74 Å². The number of nitrogens with one attached hydrogen (secondary N) is 1. The van der Waals surface area contributed by atoms with Gasteiger partial charge in [0, 0.05) is 0 Å². The normalized spacial score (nSPS) is 11.4. The van der Waals surface area contributed by atoms with Gasteiger partial charge in [0.05, 0.1) is 27.8 Å². The molecule has 0 bridgehead atoms. The fourth-order valence-electron chi connectivity index (χ4n) is 2.13. The van der Waals surface area contributed by atoms with Crippen LogP contribution in [0.25, 0.3) is 10.2 Å². The van der Waals surface area contributed by atoms with E-state index in [-0.39, 0.29) is 10.8 Å². The molecule has 0 aliphatic rings. The first-order chi connectivity index (χ1) is 11.4. The number of aromatic nitrogens is 1. The molecule has 0 atom stereocenters. The van der Waals surface area contributed by atoms with Crippen LogP contribution in [0.3, 0.4) is 0 Å². The predicted octanol–water partition coefficient (Wildman–Crippen LogP) is 2.20. The van der Waals surface area contributed by atoms with E-state index in [2.05, 4.69) is 10.3 Å². The van der Waals surface area contributed by atoms with Crippen molar-refractivity contribution >= 4 is 42.6 Å². The number of ether oxygens (including phenoxy) is 1. The zero-order valence-electron chi connectivity index (χ0n) is 12.5. The van der Waals surface area contributed by atoms with Crippen LogP contribution in [0.5, 0.6) is 5.75 Å². The van der Waals surface area contributed by atoms with Crippen LogP contribution in [0.2, 0.25) is 0 Å². The lowest BCUT2D eigenvalue weighted by atomic mass is 10.2. The summed E-state index contributed by atoms with van der Waals surface area (Å²) in [5.41, 5.74) is 0.951. The third kappa shape index (κ3) is 3.23. The number of rotatable bonds is 4. The third-order valence-electron chi connectivity index (χ3n) is 3.26. The number of hydrogen-bond acceptors (Lipinski definition) is 6. The second-order valence-corrected chi connectivity index (χ2v) is 7.44. The maximum atomic E-state index is 12.4. The Morgan fingerprint density at radius 3 is 2.71 bits per heavy atom. The minimum atomic E-state index is -3.79. The summed E-state index contributed by atoms with van der Waals surface area (Å²) in [6.45, 7) is 0. The Bertz CT molecular complexity index is 1030. The van der Waals surface area contributed by atoms with Crippen LogP contribution in [0.1, 0.15) is 10.4 Å². The number of fused-ring (bicyclic) bond motifs is 1. The van der Waals surface area contributed by atoms with Gasteiger partial charge in [-0.05, 0) is 30.3 Å². The number of para-hydroxylation sites is 1. The molecule has 3 aromatic rings. The van der Waals surface area contributed by atoms with Crippen molar-refractivity contribution in [1.29, 1.82) is 0 Å². The Hall–Kier alpha value is -2.49. The average Bonchev–Trinajstić information content (AvgIpc) is 2.95. The highest BCUT2D eigenvalue weighted by molar-refractivity contribution is 7.89. The van der Waals surface area contributed by atoms with Crippen LogP contribution in [-0.4, -0.2) is 26.4 Å². The topological polar surface area (TPSA) is 111 Å². The lowest BCUT2D eigenvalue weighted by Crippen LogP contribution is -2.12. The van der Waals surface area contributed by atoms with Crippen LogP contribution in [-0.2, 0) is 10.0 Å². The zero-order valence-corrected chi connectivity index (χ0v) is 14.1. The third-order valence-corrected chi connectivity index (χ3v) is 5.11. The Kier molecular flexibility index (Phi) is 4.22. The van der Waals surface area contributed by atoms with Crippen molar-refractivity contribution in [3.05, 3.63) is 48.0 Å². The van der Waals surface area contributed by atoms with E-state index in [1.165, 1.54) is 19.2 Å². The quantitative estimate of drug-likeness (QED) is 0.738. The van der Waals surface area contributed by atoms with Crippen LogP contribution in [0.4, 0.5) is 5.13 Å². The van der Waals surface area contributed by atoms with Crippen molar-refractivity contribution in [2.75, 3.05) is 12.4 Å². The van der Waals surface area contributed by atoms with Crippen molar-refractivity contribution in [2.24, 2.45) is 5.14 Å². The fraction of sp³-hybridized carbons (Fsp3) is 0.0667. The number of methoxy groups -OCH3 is 1. The molecule has 3 N–H and O–H groups in total. The Morgan fingerprint density at radius 2 is 2.00 bits per heavy atom. The number of hydrogen-bond donors (Lipinski definition) is 2. The molecule has 1 amide bonds. The minimum Gasteiger partial charge on any atom is -0.496 e. The summed E-state index contributed by atoms with van der Waals surface area (Å²) in [4.78, 5) is 16.6. The molecule has 9 heteroatoms. The Balaban J connectivity index is 1.92. The van der Waals surface area contributed by atoms with Crippen molar-refractivity contribution in [3.63, 3.8) is 0 Å². The van der Waals surface area contributed by atoms with E-state index in [0.29, 0.717) is 26.7 Å². The average molecular weight is 363 g/mol. The lowest BCUT2D eigenvalue weighted by Gasteiger charge is -2.06. The summed E-state index contributed by atoms with van der Waals surface area (Å²) in [6.07, 6.45) is 0. The second-order valence-electron chi connectivity index (χ2n) is 4.85. The molecule has 0 spiro atoms. The second kappa shape index (κ2) is 6.19. The first-order valence-electron chi connectivity index (χ1n) is 6.76. The molecule has 0 aliphatic carbocycles. The zero-order chi connectivity index (χ0) is 17.3. The Labute approximate surface area is 142 Å². The van der Waals surface area contributed by atoms with E-state index in [1.54, 1.807) is 30.3 Å². The number of nitrogens with zero attached hydrogens (tertiary/aromatic N) is 1. The van der Waals surface area contributed by atoms with Crippen LogP contribution < -0.4 is 15.2 Å². The van der Waals surface area contributed by atoms with Gasteiger partial charge in [0.2, 0.25) is 10.0 Å². The van der Waals surface area contributed by atoms with Gasteiger partial charge in [0.15, 0.2) is 5.13 Å². The van der Waals surface area contributed by atoms with Crippen LogP contribution in [0.15, 0.2) is 47.4 Å². The number of anilines is 1. The van der Waals surface area contributed by atoms with Gasteiger partial charge in [-0.15, -0.1) is 0 Å². The maximum Gasteiger partial charge on any atom is 0.261 e. The van der Waals surface area contributed by atoms with Gasteiger partial charge in [-0.3, -0.25) is 10.1 Å². The van der Waals surface area contributed by atoms with Gasteiger partial charge in [-0.2, -0.15) is 0 Å². The molecular weight excluding hydrogens is 350 g/mol. The largest absolute Gasteiger partial charge is 0.496 e. The van der Waals surface area contributed by atoms with E-state index in [4.69, 9.17) is 9.88 Å². The molecule has 1 aromatic heterocycles. The molecule has 0 saturated heterocycles. The number of nitrogens with two attached hydrogens (primary N) is 1. The van der Waals surface area contributed by atoms with E-state index >= 15 is 0 Å². The molecule has 7 nitrogen and oxygen atoms in total. The first kappa shape index (κ1) is 16.4. The number of amides is 1. The standard InChI is InChI=1S/C15H13N3O4S2/c1-22-12-5-3-2-4-10(12)14(19)18-15-17-11-7-6-9(24(16,20)21)8-13(11)23-15/h2-8H,1H3,(H2,16,20,21)(H,17,18,19). The summed E-state index contributed by atoms with van der Waals surface area (Å²) in [6, 6.07) is 11.2. The summed E-state index contributed by atoms with van der Waals surface area (Å²) >= 11 is 1.16. The Morgan fingerprint density at radius 1 is 1.25 bits per heavy atom. The number of carbonyl (C=O) groups is 1. The number of primary sulfonamides is 1. The summed E-state index contributed by atoms with van der Waals surface area (Å²) in [5, 5.41) is 8.16. The van der Waals surface area contributed by atoms with Gasteiger partial charge >= 0.3 is 0 Å². The molecule has 0 aliphatic heterocycles. The van der Waals surface area contributed by atoms with Crippen molar-refractivity contribution < 1.29 is 17.9 Å². The van der Waals surface area contributed by atoms with E-state index in [1.807, 2.05) is 0 Å². The fourth-order valence-corrected chi connectivity index (χ4v) is 3.65. The molecule has 0 fully saturated rings. The minimum absolute atomic E-state index is 0.00116. The maximum absolute atomic E-state index is 12.4. The molecule has 0 radical (unpaired) electrons. The summed E-state index contributed by atoms with van der Waals surface area (Å²) < 4.78 is 28.6. The first-order valence-corrected chi connectivity index (χ1v) is 9.12. The SMILES string of the molecule is COc1ccccc1C(=O)Nc1nc2ccc(S(N)(=O)=O)cc2s1. The smallest absolute Gasteiger partial charge is 0.261 e. The van der Waals surface area contributed by atoms with Gasteiger partial charge in [0.25, 0.3) is 5.91 Å². The van der Waals surface area contributed by atoms with Gasteiger partial charge in [-0.25, -0.2) is 18.5 Å². The molecule has 124 valence electrons. The highest BCUT2D eigenvalue weighted by Gasteiger charge is 2.15. The number of carbonyl (C=O) groups excluding carboxylic acids is 1. The molecule has 0 saturated carbocycles. The van der Waals surface area contributed by atoms with E-state index in [9.17, 15) is 13.2 Å². The van der Waals surface area contributed by atoms with Gasteiger partial charge in [-0.1, -0.05) is 23.5 Å². The van der Waals surface area contributed by atoms with E-state index < -0.39 is 10.0 Å². The van der Waals surface area contributed by atoms with E-state index in [0.717, 1.165) is 11.3 Å². The summed E-state index contributed by atoms with van der Waals surface area (Å²) in [5.74, 6) is 0.0887.